The van der Waals surface area contributed by atoms with E-state index in [0.29, 0.717) is 13.2 Å². The standard InChI is InChI=1S/C12H21NO4/c1-4-6-13(8-11(14)16-3)12(15)10-5-7-17-9(10)2/h9-10H,4-8H2,1-3H3. The molecule has 98 valence electrons. The molecule has 0 radical (unpaired) electrons. The van der Waals surface area contributed by atoms with E-state index in [-0.39, 0.29) is 30.4 Å². The summed E-state index contributed by atoms with van der Waals surface area (Å²) in [6.45, 7) is 5.11. The van der Waals surface area contributed by atoms with Crippen molar-refractivity contribution in [2.24, 2.45) is 5.92 Å². The molecule has 0 aromatic carbocycles. The Bertz CT molecular complexity index is 280. The molecule has 5 nitrogen and oxygen atoms in total. The first kappa shape index (κ1) is 14.0. The topological polar surface area (TPSA) is 55.8 Å². The van der Waals surface area contributed by atoms with Crippen molar-refractivity contribution in [3.63, 3.8) is 0 Å². The lowest BCUT2D eigenvalue weighted by Gasteiger charge is -2.25. The van der Waals surface area contributed by atoms with E-state index < -0.39 is 0 Å². The largest absolute Gasteiger partial charge is 0.468 e. The molecule has 0 N–H and O–H groups in total. The van der Waals surface area contributed by atoms with Gasteiger partial charge in [-0.15, -0.1) is 0 Å². The van der Waals surface area contributed by atoms with Gasteiger partial charge in [-0.1, -0.05) is 6.92 Å². The smallest absolute Gasteiger partial charge is 0.325 e. The Hall–Kier alpha value is -1.10. The van der Waals surface area contributed by atoms with Crippen molar-refractivity contribution in [3.8, 4) is 0 Å². The van der Waals surface area contributed by atoms with Gasteiger partial charge in [-0.05, 0) is 19.8 Å². The summed E-state index contributed by atoms with van der Waals surface area (Å²) in [6, 6.07) is 0. The Morgan fingerprint density at radius 3 is 2.65 bits per heavy atom. The first-order chi connectivity index (χ1) is 8.10. The van der Waals surface area contributed by atoms with Crippen molar-refractivity contribution in [1.82, 2.24) is 4.90 Å². The Morgan fingerprint density at radius 1 is 1.47 bits per heavy atom. The molecule has 0 aliphatic carbocycles. The molecule has 0 saturated carbocycles. The second-order valence-electron chi connectivity index (χ2n) is 4.31. The van der Waals surface area contributed by atoms with Crippen molar-refractivity contribution >= 4 is 11.9 Å². The van der Waals surface area contributed by atoms with Gasteiger partial charge in [0.15, 0.2) is 0 Å². The van der Waals surface area contributed by atoms with Crippen molar-refractivity contribution in [2.75, 3.05) is 26.8 Å². The number of nitrogens with zero attached hydrogens (tertiary/aromatic N) is 1. The fourth-order valence-corrected chi connectivity index (χ4v) is 2.05. The van der Waals surface area contributed by atoms with Crippen LogP contribution >= 0.6 is 0 Å². The molecule has 2 atom stereocenters. The number of rotatable bonds is 5. The molecule has 1 fully saturated rings. The maximum Gasteiger partial charge on any atom is 0.325 e. The maximum absolute atomic E-state index is 12.2. The molecule has 17 heavy (non-hydrogen) atoms. The van der Waals surface area contributed by atoms with Crippen LogP contribution in [-0.4, -0.2) is 49.7 Å². The van der Waals surface area contributed by atoms with E-state index in [1.807, 2.05) is 13.8 Å². The van der Waals surface area contributed by atoms with E-state index in [0.717, 1.165) is 12.8 Å². The molecule has 0 spiro atoms. The quantitative estimate of drug-likeness (QED) is 0.671. The van der Waals surface area contributed by atoms with Crippen LogP contribution in [0.4, 0.5) is 0 Å². The molecule has 0 bridgehead atoms. The molecule has 0 aromatic heterocycles. The summed E-state index contributed by atoms with van der Waals surface area (Å²) in [7, 11) is 1.33. The molecule has 2 unspecified atom stereocenters. The van der Waals surface area contributed by atoms with Crippen LogP contribution in [0, 0.1) is 5.92 Å². The molecule has 5 heteroatoms. The van der Waals surface area contributed by atoms with Crippen molar-refractivity contribution < 1.29 is 19.1 Å². The molecule has 1 heterocycles. The second-order valence-corrected chi connectivity index (χ2v) is 4.31. The highest BCUT2D eigenvalue weighted by Crippen LogP contribution is 2.22. The highest BCUT2D eigenvalue weighted by molar-refractivity contribution is 5.84. The van der Waals surface area contributed by atoms with Crippen LogP contribution in [0.5, 0.6) is 0 Å². The highest BCUT2D eigenvalue weighted by Gasteiger charge is 2.34. The minimum Gasteiger partial charge on any atom is -0.468 e. The summed E-state index contributed by atoms with van der Waals surface area (Å²) in [5, 5.41) is 0. The number of amides is 1. The number of ether oxygens (including phenoxy) is 2. The Balaban J connectivity index is 2.62. The Labute approximate surface area is 102 Å². The zero-order valence-electron chi connectivity index (χ0n) is 10.8. The SMILES string of the molecule is CCCN(CC(=O)OC)C(=O)C1CCOC1C. The van der Waals surface area contributed by atoms with Gasteiger partial charge in [-0.2, -0.15) is 0 Å². The highest BCUT2D eigenvalue weighted by atomic mass is 16.5. The van der Waals surface area contributed by atoms with E-state index in [1.54, 1.807) is 4.90 Å². The van der Waals surface area contributed by atoms with Gasteiger partial charge in [-0.25, -0.2) is 0 Å². The number of carbonyl (C=O) groups excluding carboxylic acids is 2. The summed E-state index contributed by atoms with van der Waals surface area (Å²) >= 11 is 0. The van der Waals surface area contributed by atoms with E-state index >= 15 is 0 Å². The van der Waals surface area contributed by atoms with E-state index in [2.05, 4.69) is 4.74 Å². The van der Waals surface area contributed by atoms with Crippen LogP contribution in [0.15, 0.2) is 0 Å². The van der Waals surface area contributed by atoms with Crippen LogP contribution in [0.1, 0.15) is 26.7 Å². The summed E-state index contributed by atoms with van der Waals surface area (Å²) in [6.07, 6.45) is 1.51. The van der Waals surface area contributed by atoms with Crippen LogP contribution in [0.25, 0.3) is 0 Å². The van der Waals surface area contributed by atoms with E-state index in [9.17, 15) is 9.59 Å². The summed E-state index contributed by atoms with van der Waals surface area (Å²) in [5.41, 5.74) is 0. The van der Waals surface area contributed by atoms with Gasteiger partial charge < -0.3 is 14.4 Å². The molecule has 1 rings (SSSR count). The molecule has 1 aliphatic heterocycles. The first-order valence-electron chi connectivity index (χ1n) is 6.07. The number of carbonyl (C=O) groups is 2. The van der Waals surface area contributed by atoms with Crippen molar-refractivity contribution in [2.45, 2.75) is 32.8 Å². The first-order valence-corrected chi connectivity index (χ1v) is 6.07. The Morgan fingerprint density at radius 2 is 2.18 bits per heavy atom. The number of methoxy groups -OCH3 is 1. The third-order valence-electron chi connectivity index (χ3n) is 3.05. The number of esters is 1. The lowest BCUT2D eigenvalue weighted by atomic mass is 10.0. The number of hydrogen-bond acceptors (Lipinski definition) is 4. The van der Waals surface area contributed by atoms with Crippen LogP contribution in [-0.2, 0) is 19.1 Å². The minimum atomic E-state index is -0.377. The van der Waals surface area contributed by atoms with Gasteiger partial charge in [-0.3, -0.25) is 9.59 Å². The fourth-order valence-electron chi connectivity index (χ4n) is 2.05. The predicted octanol–water partition coefficient (Wildman–Crippen LogP) is 0.823. The average molecular weight is 243 g/mol. The monoisotopic (exact) mass is 243 g/mol. The van der Waals surface area contributed by atoms with Crippen molar-refractivity contribution in [1.29, 1.82) is 0 Å². The van der Waals surface area contributed by atoms with Gasteiger partial charge in [0, 0.05) is 13.2 Å². The minimum absolute atomic E-state index is 0.00208. The molecule has 1 aliphatic rings. The van der Waals surface area contributed by atoms with Crippen molar-refractivity contribution in [3.05, 3.63) is 0 Å². The zero-order chi connectivity index (χ0) is 12.8. The van der Waals surface area contributed by atoms with Crippen LogP contribution in [0.2, 0.25) is 0 Å². The van der Waals surface area contributed by atoms with E-state index in [1.165, 1.54) is 7.11 Å². The zero-order valence-corrected chi connectivity index (χ0v) is 10.8. The lowest BCUT2D eigenvalue weighted by molar-refractivity contribution is -0.149. The van der Waals surface area contributed by atoms with Gasteiger partial charge in [0.05, 0.1) is 19.1 Å². The lowest BCUT2D eigenvalue weighted by Crippen LogP contribution is -2.42. The molecule has 1 saturated heterocycles. The van der Waals surface area contributed by atoms with E-state index in [4.69, 9.17) is 4.74 Å². The summed E-state index contributed by atoms with van der Waals surface area (Å²) < 4.78 is 9.99. The normalized spacial score (nSPS) is 23.5. The average Bonchev–Trinajstić information content (AvgIpc) is 2.73. The van der Waals surface area contributed by atoms with Gasteiger partial charge in [0.2, 0.25) is 5.91 Å². The summed E-state index contributed by atoms with van der Waals surface area (Å²) in [4.78, 5) is 25.1. The summed E-state index contributed by atoms with van der Waals surface area (Å²) in [5.74, 6) is -0.494. The second kappa shape index (κ2) is 6.59. The Kier molecular flexibility index (Phi) is 5.41. The molecular formula is C12H21NO4. The molecule has 1 amide bonds. The van der Waals surface area contributed by atoms with Crippen LogP contribution < -0.4 is 0 Å². The maximum atomic E-state index is 12.2. The predicted molar refractivity (Wildman–Crippen MR) is 62.4 cm³/mol. The van der Waals surface area contributed by atoms with Gasteiger partial charge in [0.25, 0.3) is 0 Å². The third kappa shape index (κ3) is 3.70. The van der Waals surface area contributed by atoms with Crippen LogP contribution in [0.3, 0.4) is 0 Å². The van der Waals surface area contributed by atoms with Gasteiger partial charge in [0.1, 0.15) is 6.54 Å². The third-order valence-corrected chi connectivity index (χ3v) is 3.05. The van der Waals surface area contributed by atoms with Gasteiger partial charge >= 0.3 is 5.97 Å². The molecular weight excluding hydrogens is 222 g/mol. The number of hydrogen-bond donors (Lipinski definition) is 0. The molecule has 0 aromatic rings. The fraction of sp³-hybridized carbons (Fsp3) is 0.833.